The van der Waals surface area contributed by atoms with E-state index >= 15 is 0 Å². The normalized spacial score (nSPS) is 10.3. The summed E-state index contributed by atoms with van der Waals surface area (Å²) in [5.41, 5.74) is 1.42. The number of nitrogens with zero attached hydrogens (tertiary/aromatic N) is 1. The van der Waals surface area contributed by atoms with E-state index in [1.807, 2.05) is 6.07 Å². The Bertz CT molecular complexity index is 712. The number of ether oxygens (including phenoxy) is 1. The molecule has 0 saturated carbocycles. The average molecular weight is 334 g/mol. The van der Waals surface area contributed by atoms with Crippen LogP contribution in [-0.4, -0.2) is 28.6 Å². The van der Waals surface area contributed by atoms with Gasteiger partial charge in [0, 0.05) is 6.42 Å². The van der Waals surface area contributed by atoms with Gasteiger partial charge in [-0.15, -0.1) is 0 Å². The summed E-state index contributed by atoms with van der Waals surface area (Å²) in [6.07, 6.45) is 0.770. The second-order valence-electron chi connectivity index (χ2n) is 4.87. The number of phenols is 1. The Morgan fingerprint density at radius 2 is 2.17 bits per heavy atom. The highest BCUT2D eigenvalue weighted by Gasteiger charge is 2.17. The maximum Gasteiger partial charge on any atom is 0.350 e. The Kier molecular flexibility index (Phi) is 5.70. The lowest BCUT2D eigenvalue weighted by Crippen LogP contribution is -2.12. The van der Waals surface area contributed by atoms with E-state index in [0.29, 0.717) is 28.7 Å². The van der Waals surface area contributed by atoms with Crippen LogP contribution in [0, 0.1) is 6.92 Å². The fraction of sp³-hybridized carbons (Fsp3) is 0.312. The predicted octanol–water partition coefficient (Wildman–Crippen LogP) is 2.91. The molecule has 2 N–H and O–H groups in total. The molecule has 0 bridgehead atoms. The highest BCUT2D eigenvalue weighted by atomic mass is 32.1. The largest absolute Gasteiger partial charge is 0.508 e. The van der Waals surface area contributed by atoms with Gasteiger partial charge in [0.1, 0.15) is 10.6 Å². The van der Waals surface area contributed by atoms with E-state index in [-0.39, 0.29) is 18.1 Å². The number of hydrogen-bond acceptors (Lipinski definition) is 6. The lowest BCUT2D eigenvalue weighted by Gasteiger charge is -2.02. The molecule has 0 fully saturated rings. The van der Waals surface area contributed by atoms with Crippen LogP contribution in [0.25, 0.3) is 0 Å². The van der Waals surface area contributed by atoms with Gasteiger partial charge in [0.2, 0.25) is 5.91 Å². The monoisotopic (exact) mass is 334 g/mol. The summed E-state index contributed by atoms with van der Waals surface area (Å²) in [5, 5.41) is 12.5. The number of phenolic OH excluding ortho intramolecular Hbond substituents is 1. The van der Waals surface area contributed by atoms with Crippen molar-refractivity contribution in [2.24, 2.45) is 0 Å². The van der Waals surface area contributed by atoms with Gasteiger partial charge in [-0.2, -0.15) is 0 Å². The molecule has 1 amide bonds. The zero-order valence-corrected chi connectivity index (χ0v) is 13.8. The number of thiazole rings is 1. The highest BCUT2D eigenvalue weighted by molar-refractivity contribution is 7.17. The molecule has 0 unspecified atom stereocenters. The number of rotatable bonds is 6. The number of hydrogen-bond donors (Lipinski definition) is 2. The van der Waals surface area contributed by atoms with Crippen molar-refractivity contribution in [1.82, 2.24) is 4.98 Å². The highest BCUT2D eigenvalue weighted by Crippen LogP contribution is 2.23. The standard InChI is InChI=1S/C16H18N2O4S/c1-3-22-15(21)14-10(2)17-16(23-14)18-13(20)8-7-11-5-4-6-12(19)9-11/h4-6,9,19H,3,7-8H2,1-2H3,(H,17,18,20). The first-order chi connectivity index (χ1) is 11.0. The van der Waals surface area contributed by atoms with Gasteiger partial charge in [0.15, 0.2) is 5.13 Å². The molecule has 0 spiro atoms. The van der Waals surface area contributed by atoms with E-state index in [1.54, 1.807) is 32.0 Å². The molecule has 2 aromatic rings. The van der Waals surface area contributed by atoms with E-state index in [9.17, 15) is 14.7 Å². The zero-order chi connectivity index (χ0) is 16.8. The van der Waals surface area contributed by atoms with Crippen LogP contribution in [-0.2, 0) is 16.0 Å². The van der Waals surface area contributed by atoms with Gasteiger partial charge in [-0.05, 0) is 38.0 Å². The van der Waals surface area contributed by atoms with Crippen molar-refractivity contribution in [3.8, 4) is 5.75 Å². The fourth-order valence-corrected chi connectivity index (χ4v) is 2.86. The van der Waals surface area contributed by atoms with E-state index in [1.165, 1.54) is 0 Å². The van der Waals surface area contributed by atoms with E-state index in [4.69, 9.17) is 4.74 Å². The number of benzene rings is 1. The maximum absolute atomic E-state index is 12.0. The van der Waals surface area contributed by atoms with E-state index < -0.39 is 5.97 Å². The summed E-state index contributed by atoms with van der Waals surface area (Å²) >= 11 is 1.10. The second-order valence-corrected chi connectivity index (χ2v) is 5.87. The van der Waals surface area contributed by atoms with Gasteiger partial charge in [0.05, 0.1) is 12.3 Å². The summed E-state index contributed by atoms with van der Waals surface area (Å²) in [6, 6.07) is 6.79. The van der Waals surface area contributed by atoms with E-state index in [2.05, 4.69) is 10.3 Å². The quantitative estimate of drug-likeness (QED) is 0.793. The van der Waals surface area contributed by atoms with Crippen LogP contribution < -0.4 is 5.32 Å². The minimum absolute atomic E-state index is 0.178. The first-order valence-corrected chi connectivity index (χ1v) is 8.03. The topological polar surface area (TPSA) is 88.5 Å². The van der Waals surface area contributed by atoms with Crippen LogP contribution in [0.4, 0.5) is 5.13 Å². The Morgan fingerprint density at radius 1 is 1.39 bits per heavy atom. The molecule has 7 heteroatoms. The molecule has 2 rings (SSSR count). The minimum Gasteiger partial charge on any atom is -0.508 e. The third kappa shape index (κ3) is 4.79. The van der Waals surface area contributed by atoms with Crippen molar-refractivity contribution in [2.75, 3.05) is 11.9 Å². The van der Waals surface area contributed by atoms with Crippen molar-refractivity contribution in [1.29, 1.82) is 0 Å². The number of amides is 1. The summed E-state index contributed by atoms with van der Waals surface area (Å²) in [5.74, 6) is -0.446. The van der Waals surface area contributed by atoms with Crippen molar-refractivity contribution in [2.45, 2.75) is 26.7 Å². The molecule has 1 aromatic carbocycles. The van der Waals surface area contributed by atoms with Crippen molar-refractivity contribution < 1.29 is 19.4 Å². The summed E-state index contributed by atoms with van der Waals surface area (Å²) in [6.45, 7) is 3.73. The van der Waals surface area contributed by atoms with Crippen LogP contribution in [0.5, 0.6) is 5.75 Å². The molecule has 0 radical (unpaired) electrons. The van der Waals surface area contributed by atoms with Gasteiger partial charge in [-0.1, -0.05) is 23.5 Å². The molecule has 0 aliphatic rings. The minimum atomic E-state index is -0.428. The maximum atomic E-state index is 12.0. The second kappa shape index (κ2) is 7.73. The predicted molar refractivity (Wildman–Crippen MR) is 87.9 cm³/mol. The number of aromatic nitrogens is 1. The fourth-order valence-electron chi connectivity index (χ4n) is 1.99. The van der Waals surface area contributed by atoms with Crippen molar-refractivity contribution >= 4 is 28.3 Å². The van der Waals surface area contributed by atoms with E-state index in [0.717, 1.165) is 16.9 Å². The van der Waals surface area contributed by atoms with Gasteiger partial charge in [-0.3, -0.25) is 4.79 Å². The van der Waals surface area contributed by atoms with Crippen LogP contribution in [0.2, 0.25) is 0 Å². The third-order valence-corrected chi connectivity index (χ3v) is 4.11. The lowest BCUT2D eigenvalue weighted by atomic mass is 10.1. The number of nitrogens with one attached hydrogen (secondary N) is 1. The van der Waals surface area contributed by atoms with Gasteiger partial charge in [-0.25, -0.2) is 9.78 Å². The SMILES string of the molecule is CCOC(=O)c1sc(NC(=O)CCc2cccc(O)c2)nc1C. The molecule has 0 saturated heterocycles. The Hall–Kier alpha value is -2.41. The van der Waals surface area contributed by atoms with Gasteiger partial charge >= 0.3 is 5.97 Å². The number of anilines is 1. The smallest absolute Gasteiger partial charge is 0.350 e. The van der Waals surface area contributed by atoms with Crippen LogP contribution in [0.15, 0.2) is 24.3 Å². The Morgan fingerprint density at radius 3 is 2.87 bits per heavy atom. The molecular formula is C16H18N2O4S. The van der Waals surface area contributed by atoms with Crippen molar-refractivity contribution in [3.05, 3.63) is 40.4 Å². The van der Waals surface area contributed by atoms with Crippen LogP contribution in [0.1, 0.15) is 34.3 Å². The van der Waals surface area contributed by atoms with Crippen molar-refractivity contribution in [3.63, 3.8) is 0 Å². The molecule has 0 atom stereocenters. The average Bonchev–Trinajstić information content (AvgIpc) is 2.86. The Balaban J connectivity index is 1.93. The third-order valence-electron chi connectivity index (χ3n) is 3.06. The Labute approximate surface area is 138 Å². The number of aromatic hydroxyl groups is 1. The molecule has 1 aromatic heterocycles. The molecule has 122 valence electrons. The molecule has 0 aliphatic heterocycles. The molecule has 1 heterocycles. The summed E-state index contributed by atoms with van der Waals surface area (Å²) in [4.78, 5) is 28.2. The summed E-state index contributed by atoms with van der Waals surface area (Å²) < 4.78 is 4.94. The summed E-state index contributed by atoms with van der Waals surface area (Å²) in [7, 11) is 0. The van der Waals surface area contributed by atoms with Gasteiger partial charge < -0.3 is 15.2 Å². The first-order valence-electron chi connectivity index (χ1n) is 7.22. The number of carbonyl (C=O) groups is 2. The zero-order valence-electron chi connectivity index (χ0n) is 13.0. The molecule has 6 nitrogen and oxygen atoms in total. The lowest BCUT2D eigenvalue weighted by molar-refractivity contribution is -0.116. The number of aryl methyl sites for hydroxylation is 2. The first kappa shape index (κ1) is 17.0. The number of carbonyl (C=O) groups excluding carboxylic acids is 2. The molecular weight excluding hydrogens is 316 g/mol. The molecule has 23 heavy (non-hydrogen) atoms. The van der Waals surface area contributed by atoms with Crippen LogP contribution in [0.3, 0.4) is 0 Å². The van der Waals surface area contributed by atoms with Crippen LogP contribution >= 0.6 is 11.3 Å². The molecule has 0 aliphatic carbocycles. The van der Waals surface area contributed by atoms with Gasteiger partial charge in [0.25, 0.3) is 0 Å². The number of esters is 1.